The predicted molar refractivity (Wildman–Crippen MR) is 101 cm³/mol. The van der Waals surface area contributed by atoms with Crippen LogP contribution >= 0.6 is 0 Å². The minimum absolute atomic E-state index is 0.0501. The van der Waals surface area contributed by atoms with Crippen molar-refractivity contribution in [3.05, 3.63) is 54.1 Å². The van der Waals surface area contributed by atoms with Gasteiger partial charge in [-0.15, -0.1) is 0 Å². The van der Waals surface area contributed by atoms with Crippen LogP contribution in [0.2, 0.25) is 0 Å². The highest BCUT2D eigenvalue weighted by molar-refractivity contribution is 7.89. The molecule has 1 aliphatic rings. The zero-order chi connectivity index (χ0) is 20.1. The Kier molecular flexibility index (Phi) is 6.25. The molecular formula is C19H22FN3O4S. The molecule has 1 amide bonds. The number of methoxy groups -OCH3 is 1. The van der Waals surface area contributed by atoms with Crippen molar-refractivity contribution in [2.45, 2.75) is 17.7 Å². The standard InChI is InChI=1S/C19H22FN3O4S/c1-27-17-3-2-16(20)12-18(17)28(25,26)22-13-14-6-10-23(11-7-14)19(24)15-4-8-21-9-5-15/h2-5,8-9,12,14,22H,6-7,10-11,13H2,1H3. The lowest BCUT2D eigenvalue weighted by Gasteiger charge is -2.32. The number of rotatable bonds is 6. The molecule has 0 unspecified atom stereocenters. The zero-order valence-corrected chi connectivity index (χ0v) is 16.3. The smallest absolute Gasteiger partial charge is 0.253 e. The molecule has 2 heterocycles. The first kappa shape index (κ1) is 20.2. The number of piperidine rings is 1. The molecule has 1 aromatic heterocycles. The van der Waals surface area contributed by atoms with Crippen LogP contribution in [0.5, 0.6) is 5.75 Å². The highest BCUT2D eigenvalue weighted by Crippen LogP contribution is 2.25. The number of nitrogens with one attached hydrogen (secondary N) is 1. The number of hydrogen-bond acceptors (Lipinski definition) is 5. The molecule has 150 valence electrons. The van der Waals surface area contributed by atoms with E-state index >= 15 is 0 Å². The average Bonchev–Trinajstić information content (AvgIpc) is 2.73. The summed E-state index contributed by atoms with van der Waals surface area (Å²) in [4.78, 5) is 17.9. The number of likely N-dealkylation sites (tertiary alicyclic amines) is 1. The lowest BCUT2D eigenvalue weighted by molar-refractivity contribution is 0.0692. The van der Waals surface area contributed by atoms with Gasteiger partial charge in [-0.2, -0.15) is 0 Å². The Labute approximate surface area is 163 Å². The number of nitrogens with zero attached hydrogens (tertiary/aromatic N) is 2. The number of ether oxygens (including phenoxy) is 1. The fourth-order valence-corrected chi connectivity index (χ4v) is 4.48. The van der Waals surface area contributed by atoms with E-state index in [1.165, 1.54) is 13.2 Å². The van der Waals surface area contributed by atoms with Gasteiger partial charge in [0.2, 0.25) is 10.0 Å². The molecule has 7 nitrogen and oxygen atoms in total. The van der Waals surface area contributed by atoms with Crippen molar-refractivity contribution in [2.24, 2.45) is 5.92 Å². The van der Waals surface area contributed by atoms with Gasteiger partial charge >= 0.3 is 0 Å². The Morgan fingerprint density at radius 1 is 1.25 bits per heavy atom. The van der Waals surface area contributed by atoms with E-state index < -0.39 is 15.8 Å². The normalized spacial score (nSPS) is 15.4. The number of hydrogen-bond donors (Lipinski definition) is 1. The minimum Gasteiger partial charge on any atom is -0.495 e. The van der Waals surface area contributed by atoms with Gasteiger partial charge in [-0.1, -0.05) is 0 Å². The van der Waals surface area contributed by atoms with Crippen molar-refractivity contribution in [3.8, 4) is 5.75 Å². The van der Waals surface area contributed by atoms with Crippen molar-refractivity contribution in [1.82, 2.24) is 14.6 Å². The quantitative estimate of drug-likeness (QED) is 0.792. The van der Waals surface area contributed by atoms with Crippen LogP contribution in [-0.2, 0) is 10.0 Å². The van der Waals surface area contributed by atoms with Crippen molar-refractivity contribution < 1.29 is 22.3 Å². The van der Waals surface area contributed by atoms with E-state index in [1.54, 1.807) is 29.4 Å². The number of pyridine rings is 1. The second-order valence-electron chi connectivity index (χ2n) is 6.62. The summed E-state index contributed by atoms with van der Waals surface area (Å²) in [7, 11) is -2.57. The van der Waals surface area contributed by atoms with Crippen LogP contribution in [0, 0.1) is 11.7 Å². The van der Waals surface area contributed by atoms with Gasteiger partial charge in [0.15, 0.2) is 0 Å². The van der Waals surface area contributed by atoms with E-state index in [0.29, 0.717) is 31.5 Å². The summed E-state index contributed by atoms with van der Waals surface area (Å²) < 4.78 is 46.1. The maximum atomic E-state index is 13.5. The summed E-state index contributed by atoms with van der Waals surface area (Å²) in [6, 6.07) is 6.72. The topological polar surface area (TPSA) is 88.6 Å². The maximum absolute atomic E-state index is 13.5. The van der Waals surface area contributed by atoms with Crippen LogP contribution in [0.4, 0.5) is 4.39 Å². The molecule has 1 saturated heterocycles. The predicted octanol–water partition coefficient (Wildman–Crippen LogP) is 2.06. The Bertz CT molecular complexity index is 929. The molecule has 28 heavy (non-hydrogen) atoms. The van der Waals surface area contributed by atoms with Gasteiger partial charge in [0.1, 0.15) is 16.5 Å². The van der Waals surface area contributed by atoms with Gasteiger partial charge in [-0.05, 0) is 49.1 Å². The minimum atomic E-state index is -3.90. The van der Waals surface area contributed by atoms with E-state index in [1.807, 2.05) is 0 Å². The van der Waals surface area contributed by atoms with Gasteiger partial charge in [0.05, 0.1) is 7.11 Å². The lowest BCUT2D eigenvalue weighted by atomic mass is 9.97. The van der Waals surface area contributed by atoms with Crippen molar-refractivity contribution >= 4 is 15.9 Å². The molecule has 1 N–H and O–H groups in total. The first-order valence-electron chi connectivity index (χ1n) is 8.93. The summed E-state index contributed by atoms with van der Waals surface area (Å²) >= 11 is 0. The zero-order valence-electron chi connectivity index (χ0n) is 15.5. The molecular weight excluding hydrogens is 385 g/mol. The van der Waals surface area contributed by atoms with E-state index in [2.05, 4.69) is 9.71 Å². The SMILES string of the molecule is COc1ccc(F)cc1S(=O)(=O)NCC1CCN(C(=O)c2ccncc2)CC1. The molecule has 1 aromatic carbocycles. The highest BCUT2D eigenvalue weighted by Gasteiger charge is 2.26. The Morgan fingerprint density at radius 3 is 2.57 bits per heavy atom. The summed E-state index contributed by atoms with van der Waals surface area (Å²) in [5.74, 6) is -0.516. The first-order valence-corrected chi connectivity index (χ1v) is 10.4. The molecule has 3 rings (SSSR count). The van der Waals surface area contributed by atoms with E-state index in [9.17, 15) is 17.6 Å². The average molecular weight is 407 g/mol. The molecule has 1 fully saturated rings. The van der Waals surface area contributed by atoms with Gasteiger partial charge in [0.25, 0.3) is 5.91 Å². The Hall–Kier alpha value is -2.52. The molecule has 2 aromatic rings. The molecule has 1 aliphatic heterocycles. The third-order valence-electron chi connectivity index (χ3n) is 4.81. The number of benzene rings is 1. The summed E-state index contributed by atoms with van der Waals surface area (Å²) in [6.45, 7) is 1.33. The lowest BCUT2D eigenvalue weighted by Crippen LogP contribution is -2.41. The Balaban J connectivity index is 1.57. The van der Waals surface area contributed by atoms with E-state index in [4.69, 9.17) is 4.74 Å². The molecule has 0 atom stereocenters. The van der Waals surface area contributed by atoms with Crippen LogP contribution in [-0.4, -0.2) is 51.0 Å². The monoisotopic (exact) mass is 407 g/mol. The van der Waals surface area contributed by atoms with Crippen LogP contribution in [0.15, 0.2) is 47.6 Å². The van der Waals surface area contributed by atoms with Gasteiger partial charge < -0.3 is 9.64 Å². The summed E-state index contributed by atoms with van der Waals surface area (Å²) in [5.41, 5.74) is 0.590. The van der Waals surface area contributed by atoms with Gasteiger partial charge in [-0.3, -0.25) is 9.78 Å². The maximum Gasteiger partial charge on any atom is 0.253 e. The molecule has 0 aliphatic carbocycles. The van der Waals surface area contributed by atoms with Crippen LogP contribution in [0.3, 0.4) is 0 Å². The van der Waals surface area contributed by atoms with Gasteiger partial charge in [0, 0.05) is 37.6 Å². The number of amides is 1. The highest BCUT2D eigenvalue weighted by atomic mass is 32.2. The number of carbonyl (C=O) groups is 1. The van der Waals surface area contributed by atoms with Crippen LogP contribution < -0.4 is 9.46 Å². The fraction of sp³-hybridized carbons (Fsp3) is 0.368. The van der Waals surface area contributed by atoms with E-state index in [0.717, 1.165) is 12.1 Å². The molecule has 0 bridgehead atoms. The third-order valence-corrected chi connectivity index (χ3v) is 6.25. The van der Waals surface area contributed by atoms with E-state index in [-0.39, 0.29) is 29.0 Å². The number of aromatic nitrogens is 1. The molecule has 0 saturated carbocycles. The number of carbonyl (C=O) groups excluding carboxylic acids is 1. The van der Waals surface area contributed by atoms with Gasteiger partial charge in [-0.25, -0.2) is 17.5 Å². The van der Waals surface area contributed by atoms with Crippen molar-refractivity contribution in [1.29, 1.82) is 0 Å². The fourth-order valence-electron chi connectivity index (χ4n) is 3.18. The molecule has 0 radical (unpaired) electrons. The molecule has 0 spiro atoms. The summed E-state index contributed by atoms with van der Waals surface area (Å²) in [6.07, 6.45) is 4.52. The number of sulfonamides is 1. The van der Waals surface area contributed by atoms with Crippen molar-refractivity contribution in [3.63, 3.8) is 0 Å². The number of halogens is 1. The Morgan fingerprint density at radius 2 is 1.93 bits per heavy atom. The van der Waals surface area contributed by atoms with Crippen LogP contribution in [0.1, 0.15) is 23.2 Å². The second kappa shape index (κ2) is 8.66. The molecule has 9 heteroatoms. The first-order chi connectivity index (χ1) is 13.4. The van der Waals surface area contributed by atoms with Crippen LogP contribution in [0.25, 0.3) is 0 Å². The summed E-state index contributed by atoms with van der Waals surface area (Å²) in [5, 5.41) is 0. The third kappa shape index (κ3) is 4.66. The largest absolute Gasteiger partial charge is 0.495 e. The second-order valence-corrected chi connectivity index (χ2v) is 8.35. The van der Waals surface area contributed by atoms with Crippen molar-refractivity contribution in [2.75, 3.05) is 26.7 Å².